The zero-order valence-electron chi connectivity index (χ0n) is 9.72. The maximum Gasteiger partial charge on any atom is 0.126 e. The van der Waals surface area contributed by atoms with Crippen LogP contribution >= 0.6 is 0 Å². The predicted molar refractivity (Wildman–Crippen MR) is 61.6 cm³/mol. The van der Waals surface area contributed by atoms with Gasteiger partial charge >= 0.3 is 0 Å². The number of halogens is 2. The Labute approximate surface area is 99.8 Å². The summed E-state index contributed by atoms with van der Waals surface area (Å²) >= 11 is 0. The number of hydrogen-bond donors (Lipinski definition) is 1. The van der Waals surface area contributed by atoms with Crippen molar-refractivity contribution < 1.29 is 13.5 Å². The van der Waals surface area contributed by atoms with E-state index in [2.05, 4.69) is 0 Å². The number of ether oxygens (including phenoxy) is 1. The average Bonchev–Trinajstić information content (AvgIpc) is 2.29. The first-order valence-corrected chi connectivity index (χ1v) is 5.86. The molecule has 1 aromatic carbocycles. The molecule has 0 unspecified atom stereocenters. The van der Waals surface area contributed by atoms with Gasteiger partial charge in [-0.1, -0.05) is 0 Å². The summed E-state index contributed by atoms with van der Waals surface area (Å²) in [4.78, 5) is 0. The van der Waals surface area contributed by atoms with Gasteiger partial charge in [0.05, 0.1) is 0 Å². The Morgan fingerprint density at radius 1 is 1.12 bits per heavy atom. The van der Waals surface area contributed by atoms with E-state index in [4.69, 9.17) is 10.5 Å². The Hall–Kier alpha value is -1.00. The fraction of sp³-hybridized carbons (Fsp3) is 0.538. The average molecular weight is 241 g/mol. The van der Waals surface area contributed by atoms with Crippen molar-refractivity contribution in [3.63, 3.8) is 0 Å². The van der Waals surface area contributed by atoms with Crippen LogP contribution in [0, 0.1) is 17.0 Å². The van der Waals surface area contributed by atoms with Crippen molar-refractivity contribution in [3.8, 4) is 0 Å². The number of hydrogen-bond acceptors (Lipinski definition) is 2. The summed E-state index contributed by atoms with van der Waals surface area (Å²) in [6.45, 7) is 1.87. The lowest BCUT2D eigenvalue weighted by molar-refractivity contribution is 0.0191. The Kier molecular flexibility index (Phi) is 3.74. The SMILES string of the molecule is NCC1(Cc2cc(F)cc(F)c2)CCOCC1. The smallest absolute Gasteiger partial charge is 0.126 e. The molecule has 0 bridgehead atoms. The van der Waals surface area contributed by atoms with E-state index in [1.807, 2.05) is 0 Å². The molecular weight excluding hydrogens is 224 g/mol. The standard InChI is InChI=1S/C13H17F2NO/c14-11-5-10(6-12(15)7-11)8-13(9-16)1-3-17-4-2-13/h5-7H,1-4,8-9,16H2. The van der Waals surface area contributed by atoms with Crippen LogP contribution in [-0.2, 0) is 11.2 Å². The molecule has 2 N–H and O–H groups in total. The normalized spacial score (nSPS) is 19.2. The van der Waals surface area contributed by atoms with E-state index >= 15 is 0 Å². The van der Waals surface area contributed by atoms with Crippen molar-refractivity contribution in [2.45, 2.75) is 19.3 Å². The van der Waals surface area contributed by atoms with E-state index in [9.17, 15) is 8.78 Å². The van der Waals surface area contributed by atoms with Crippen LogP contribution in [0.25, 0.3) is 0 Å². The van der Waals surface area contributed by atoms with Crippen LogP contribution in [0.3, 0.4) is 0 Å². The highest BCUT2D eigenvalue weighted by Crippen LogP contribution is 2.33. The van der Waals surface area contributed by atoms with Gasteiger partial charge in [-0.2, -0.15) is 0 Å². The quantitative estimate of drug-likeness (QED) is 0.881. The van der Waals surface area contributed by atoms with Crippen LogP contribution in [-0.4, -0.2) is 19.8 Å². The topological polar surface area (TPSA) is 35.2 Å². The molecule has 0 aromatic heterocycles. The monoisotopic (exact) mass is 241 g/mol. The Bertz CT molecular complexity index is 369. The second-order valence-corrected chi connectivity index (χ2v) is 4.77. The molecule has 2 rings (SSSR count). The highest BCUT2D eigenvalue weighted by molar-refractivity contribution is 5.19. The fourth-order valence-electron chi connectivity index (χ4n) is 2.40. The summed E-state index contributed by atoms with van der Waals surface area (Å²) in [6.07, 6.45) is 2.31. The largest absolute Gasteiger partial charge is 0.381 e. The zero-order valence-corrected chi connectivity index (χ0v) is 9.72. The van der Waals surface area contributed by atoms with E-state index < -0.39 is 11.6 Å². The van der Waals surface area contributed by atoms with Crippen molar-refractivity contribution in [1.82, 2.24) is 0 Å². The first-order valence-electron chi connectivity index (χ1n) is 5.86. The van der Waals surface area contributed by atoms with Crippen molar-refractivity contribution in [3.05, 3.63) is 35.4 Å². The van der Waals surface area contributed by atoms with E-state index in [1.54, 1.807) is 0 Å². The minimum absolute atomic E-state index is 0.0709. The molecule has 1 saturated heterocycles. The minimum atomic E-state index is -0.528. The summed E-state index contributed by atoms with van der Waals surface area (Å²) < 4.78 is 31.5. The third-order valence-electron chi connectivity index (χ3n) is 3.49. The molecular formula is C13H17F2NO. The van der Waals surface area contributed by atoms with Crippen molar-refractivity contribution in [2.75, 3.05) is 19.8 Å². The van der Waals surface area contributed by atoms with Gasteiger partial charge in [0.2, 0.25) is 0 Å². The summed E-state index contributed by atoms with van der Waals surface area (Å²) in [7, 11) is 0. The third-order valence-corrected chi connectivity index (χ3v) is 3.49. The van der Waals surface area contributed by atoms with Crippen LogP contribution < -0.4 is 5.73 Å². The molecule has 17 heavy (non-hydrogen) atoms. The van der Waals surface area contributed by atoms with Gasteiger partial charge in [-0.3, -0.25) is 0 Å². The molecule has 0 spiro atoms. The van der Waals surface area contributed by atoms with E-state index in [0.29, 0.717) is 31.7 Å². The molecule has 4 heteroatoms. The molecule has 2 nitrogen and oxygen atoms in total. The lowest BCUT2D eigenvalue weighted by Gasteiger charge is -2.36. The van der Waals surface area contributed by atoms with Gasteiger partial charge in [-0.05, 0) is 48.9 Å². The molecule has 0 amide bonds. The number of nitrogens with two attached hydrogens (primary N) is 1. The highest BCUT2D eigenvalue weighted by Gasteiger charge is 2.31. The first-order chi connectivity index (χ1) is 8.13. The van der Waals surface area contributed by atoms with Crippen molar-refractivity contribution in [2.24, 2.45) is 11.1 Å². The number of rotatable bonds is 3. The van der Waals surface area contributed by atoms with Crippen molar-refractivity contribution >= 4 is 0 Å². The molecule has 0 radical (unpaired) electrons. The van der Waals surface area contributed by atoms with Gasteiger partial charge in [0.1, 0.15) is 11.6 Å². The zero-order chi connectivity index (χ0) is 12.3. The second kappa shape index (κ2) is 5.10. The maximum absolute atomic E-state index is 13.1. The van der Waals surface area contributed by atoms with E-state index in [1.165, 1.54) is 12.1 Å². The number of benzene rings is 1. The van der Waals surface area contributed by atoms with Crippen molar-refractivity contribution in [1.29, 1.82) is 0 Å². The van der Waals surface area contributed by atoms with Crippen LogP contribution in [0.15, 0.2) is 18.2 Å². The van der Waals surface area contributed by atoms with Gasteiger partial charge in [-0.15, -0.1) is 0 Å². The van der Waals surface area contributed by atoms with E-state index in [-0.39, 0.29) is 5.41 Å². The fourth-order valence-corrected chi connectivity index (χ4v) is 2.40. The third kappa shape index (κ3) is 3.01. The van der Waals surface area contributed by atoms with Crippen LogP contribution in [0.4, 0.5) is 8.78 Å². The van der Waals surface area contributed by atoms with Crippen LogP contribution in [0.5, 0.6) is 0 Å². The molecule has 1 heterocycles. The molecule has 1 aromatic rings. The predicted octanol–water partition coefficient (Wildman–Crippen LogP) is 2.26. The Morgan fingerprint density at radius 3 is 2.24 bits per heavy atom. The molecule has 0 atom stereocenters. The lowest BCUT2D eigenvalue weighted by Crippen LogP contribution is -2.38. The first kappa shape index (κ1) is 12.5. The lowest BCUT2D eigenvalue weighted by atomic mass is 9.75. The van der Waals surface area contributed by atoms with Gasteiger partial charge in [0.25, 0.3) is 0 Å². The summed E-state index contributed by atoms with van der Waals surface area (Å²) in [5.41, 5.74) is 6.42. The van der Waals surface area contributed by atoms with Crippen LogP contribution in [0.2, 0.25) is 0 Å². The van der Waals surface area contributed by atoms with Gasteiger partial charge in [-0.25, -0.2) is 8.78 Å². The summed E-state index contributed by atoms with van der Waals surface area (Å²) in [6, 6.07) is 3.66. The van der Waals surface area contributed by atoms with Crippen LogP contribution in [0.1, 0.15) is 18.4 Å². The Balaban J connectivity index is 2.17. The second-order valence-electron chi connectivity index (χ2n) is 4.77. The molecule has 0 saturated carbocycles. The molecule has 0 aliphatic carbocycles. The van der Waals surface area contributed by atoms with Gasteiger partial charge in [0.15, 0.2) is 0 Å². The van der Waals surface area contributed by atoms with Gasteiger partial charge in [0, 0.05) is 19.3 Å². The Morgan fingerprint density at radius 2 is 1.71 bits per heavy atom. The molecule has 1 aliphatic heterocycles. The minimum Gasteiger partial charge on any atom is -0.381 e. The van der Waals surface area contributed by atoms with E-state index in [0.717, 1.165) is 18.9 Å². The highest BCUT2D eigenvalue weighted by atomic mass is 19.1. The molecule has 1 fully saturated rings. The molecule has 94 valence electrons. The summed E-state index contributed by atoms with van der Waals surface area (Å²) in [5, 5.41) is 0. The summed E-state index contributed by atoms with van der Waals surface area (Å²) in [5.74, 6) is -1.06. The maximum atomic E-state index is 13.1. The van der Waals surface area contributed by atoms with Gasteiger partial charge < -0.3 is 10.5 Å². The molecule has 1 aliphatic rings.